The molecule has 0 saturated heterocycles. The van der Waals surface area contributed by atoms with Gasteiger partial charge in [0.25, 0.3) is 0 Å². The normalized spacial score (nSPS) is 6.00. The van der Waals surface area contributed by atoms with E-state index < -0.39 is 0 Å². The summed E-state index contributed by atoms with van der Waals surface area (Å²) in [6, 6.07) is 0. The molecule has 0 aliphatic heterocycles. The first-order valence-electron chi connectivity index (χ1n) is 1.52. The number of rotatable bonds is 1. The predicted molar refractivity (Wildman–Crippen MR) is 27.3 cm³/mol. The zero-order valence-electron chi connectivity index (χ0n) is 3.57. The molecule has 0 aromatic carbocycles. The van der Waals surface area contributed by atoms with Gasteiger partial charge in [-0.05, 0) is 6.42 Å². The van der Waals surface area contributed by atoms with E-state index in [2.05, 4.69) is 0 Å². The molecule has 0 bridgehead atoms. The first kappa shape index (κ1) is 9.24. The summed E-state index contributed by atoms with van der Waals surface area (Å²) >= 11 is 0. The van der Waals surface area contributed by atoms with Crippen LogP contribution in [0.2, 0.25) is 0 Å². The Balaban J connectivity index is 0. The van der Waals surface area contributed by atoms with E-state index in [1.807, 2.05) is 6.92 Å². The summed E-state index contributed by atoms with van der Waals surface area (Å²) in [5.74, 6) is 0. The van der Waals surface area contributed by atoms with Crippen molar-refractivity contribution in [3.8, 4) is 0 Å². The summed E-state index contributed by atoms with van der Waals surface area (Å²) in [5.41, 5.74) is 0. The van der Waals surface area contributed by atoms with Crippen LogP contribution in [0.15, 0.2) is 0 Å². The molecule has 34 valence electrons. The number of hydrogen-bond acceptors (Lipinski definition) is 1. The van der Waals surface area contributed by atoms with Crippen LogP contribution in [0.25, 0.3) is 0 Å². The van der Waals surface area contributed by atoms with Gasteiger partial charge in [0.15, 0.2) is 0 Å². The molecule has 0 unspecified atom stereocenters. The van der Waals surface area contributed by atoms with E-state index in [1.54, 1.807) is 0 Å². The van der Waals surface area contributed by atoms with Crippen molar-refractivity contribution in [1.29, 1.82) is 0 Å². The maximum absolute atomic E-state index is 7.88. The molecule has 0 rings (SSSR count). The molecule has 0 aliphatic rings. The second kappa shape index (κ2) is 8.84. The molecule has 0 spiro atoms. The summed E-state index contributed by atoms with van der Waals surface area (Å²) in [6.07, 6.45) is 0.875. The Morgan fingerprint density at radius 3 is 1.80 bits per heavy atom. The second-order valence-electron chi connectivity index (χ2n) is 0.724. The first-order valence-corrected chi connectivity index (χ1v) is 1.52. The molecule has 0 fully saturated rings. The van der Waals surface area contributed by atoms with Crippen LogP contribution in [0.1, 0.15) is 13.3 Å². The van der Waals surface area contributed by atoms with Crippen LogP contribution in [0.4, 0.5) is 0 Å². The molecule has 1 nitrogen and oxygen atoms in total. The van der Waals surface area contributed by atoms with E-state index in [-0.39, 0.29) is 24.4 Å². The molecule has 0 aliphatic carbocycles. The van der Waals surface area contributed by atoms with E-state index >= 15 is 0 Å². The van der Waals surface area contributed by atoms with Crippen LogP contribution in [0.3, 0.4) is 0 Å². The van der Waals surface area contributed by atoms with Crippen LogP contribution >= 0.6 is 0 Å². The van der Waals surface area contributed by atoms with Gasteiger partial charge in [-0.15, -0.1) is 0 Å². The van der Waals surface area contributed by atoms with E-state index in [0.717, 1.165) is 6.42 Å². The van der Waals surface area contributed by atoms with Gasteiger partial charge >= 0.3 is 24.4 Å². The molecular weight excluding hydrogens is 174 g/mol. The SMILES string of the molecule is CCCO.[SbH3]. The van der Waals surface area contributed by atoms with Crippen LogP contribution in [0, 0.1) is 0 Å². The fourth-order valence-corrected chi connectivity index (χ4v) is 0. The van der Waals surface area contributed by atoms with Gasteiger partial charge in [-0.3, -0.25) is 0 Å². The van der Waals surface area contributed by atoms with Gasteiger partial charge in [0.05, 0.1) is 0 Å². The average Bonchev–Trinajstić information content (AvgIpc) is 1.37. The fraction of sp³-hybridized carbons (Fsp3) is 1.00. The van der Waals surface area contributed by atoms with Crippen LogP contribution in [-0.2, 0) is 0 Å². The van der Waals surface area contributed by atoms with E-state index in [0.29, 0.717) is 6.61 Å². The molecule has 0 radical (unpaired) electrons. The molecular formula is C3H11OSb. The quantitative estimate of drug-likeness (QED) is 0.530. The van der Waals surface area contributed by atoms with Gasteiger partial charge in [-0.25, -0.2) is 0 Å². The molecule has 0 aromatic heterocycles. The van der Waals surface area contributed by atoms with Crippen molar-refractivity contribution in [2.45, 2.75) is 13.3 Å². The Hall–Kier alpha value is 0.778. The fourth-order valence-electron chi connectivity index (χ4n) is 0. The van der Waals surface area contributed by atoms with Gasteiger partial charge in [0.2, 0.25) is 0 Å². The second-order valence-corrected chi connectivity index (χ2v) is 0.724. The molecule has 0 aromatic rings. The molecule has 0 amide bonds. The van der Waals surface area contributed by atoms with Crippen LogP contribution < -0.4 is 0 Å². The molecule has 0 saturated carbocycles. The molecule has 0 heterocycles. The Morgan fingerprint density at radius 2 is 1.80 bits per heavy atom. The molecule has 0 atom stereocenters. The minimum atomic E-state index is 0. The summed E-state index contributed by atoms with van der Waals surface area (Å²) in [4.78, 5) is 0. The van der Waals surface area contributed by atoms with Crippen molar-refractivity contribution in [2.75, 3.05) is 6.61 Å². The molecule has 2 heteroatoms. The Kier molecular flexibility index (Phi) is 16.3. The molecule has 1 N–H and O–H groups in total. The van der Waals surface area contributed by atoms with Crippen LogP contribution in [0.5, 0.6) is 0 Å². The number of aliphatic hydroxyl groups is 1. The van der Waals surface area contributed by atoms with Crippen molar-refractivity contribution in [3.63, 3.8) is 0 Å². The maximum atomic E-state index is 7.88. The average molecular weight is 185 g/mol. The zero-order chi connectivity index (χ0) is 3.41. The summed E-state index contributed by atoms with van der Waals surface area (Å²) < 4.78 is 0. The third kappa shape index (κ3) is 11.7. The van der Waals surface area contributed by atoms with E-state index in [4.69, 9.17) is 5.11 Å². The minimum absolute atomic E-state index is 0. The molecule has 5 heavy (non-hydrogen) atoms. The Bertz CT molecular complexity index is 8.85. The van der Waals surface area contributed by atoms with Crippen molar-refractivity contribution < 1.29 is 5.11 Å². The van der Waals surface area contributed by atoms with Gasteiger partial charge in [-0.1, -0.05) is 6.92 Å². The topological polar surface area (TPSA) is 20.2 Å². The van der Waals surface area contributed by atoms with Gasteiger partial charge < -0.3 is 5.11 Å². The third-order valence-electron chi connectivity index (χ3n) is 0.224. The Morgan fingerprint density at radius 1 is 1.60 bits per heavy atom. The summed E-state index contributed by atoms with van der Waals surface area (Å²) in [5, 5.41) is 7.88. The van der Waals surface area contributed by atoms with Crippen molar-refractivity contribution in [1.82, 2.24) is 0 Å². The van der Waals surface area contributed by atoms with Crippen molar-refractivity contribution in [3.05, 3.63) is 0 Å². The number of aliphatic hydroxyl groups excluding tert-OH is 1. The van der Waals surface area contributed by atoms with Crippen molar-refractivity contribution >= 4 is 24.4 Å². The third-order valence-corrected chi connectivity index (χ3v) is 0.224. The predicted octanol–water partition coefficient (Wildman–Crippen LogP) is -0.795. The monoisotopic (exact) mass is 184 g/mol. The summed E-state index contributed by atoms with van der Waals surface area (Å²) in [7, 11) is 0. The van der Waals surface area contributed by atoms with E-state index in [9.17, 15) is 0 Å². The van der Waals surface area contributed by atoms with Gasteiger partial charge in [-0.2, -0.15) is 0 Å². The summed E-state index contributed by atoms with van der Waals surface area (Å²) in [6.45, 7) is 2.25. The van der Waals surface area contributed by atoms with Gasteiger partial charge in [0, 0.05) is 6.61 Å². The zero-order valence-corrected chi connectivity index (χ0v) is 7.60. The van der Waals surface area contributed by atoms with E-state index in [1.165, 1.54) is 0 Å². The standard InChI is InChI=1S/C3H8O.Sb.3H/c1-2-3-4;;;;/h4H,2-3H2,1H3;;;;. The Labute approximate surface area is 49.8 Å². The van der Waals surface area contributed by atoms with Crippen LogP contribution in [-0.4, -0.2) is 36.1 Å². The first-order chi connectivity index (χ1) is 1.91. The number of hydrogen-bond donors (Lipinski definition) is 1. The van der Waals surface area contributed by atoms with Crippen molar-refractivity contribution in [2.24, 2.45) is 0 Å². The van der Waals surface area contributed by atoms with Gasteiger partial charge in [0.1, 0.15) is 0 Å².